The van der Waals surface area contributed by atoms with Crippen molar-refractivity contribution in [2.24, 2.45) is 0 Å². The summed E-state index contributed by atoms with van der Waals surface area (Å²) in [6, 6.07) is 8.67. The first kappa shape index (κ1) is 27.2. The first-order valence-electron chi connectivity index (χ1n) is 10.9. The SMILES string of the molecule is C=C(C)CN1CCNCC1.CC.Cc1cc(C(=N)/C=C/c2ccc(F)cc2)c(N)cc1F. The standard InChI is InChI=1S/C16H14F2N2.C8H16N2.C2H6/c1-10-8-13(16(20)9-14(10)18)15(19)7-4-11-2-5-12(17)6-3-11;1-8(2)7-10-5-3-9-4-6-10;1-2/h2-9,19H,20H2,1H3;9H,1,3-7H2,2H3;1-2H3/b7-4+,19-15?;;. The van der Waals surface area contributed by atoms with Crippen LogP contribution in [0.4, 0.5) is 14.5 Å². The molecule has 174 valence electrons. The van der Waals surface area contributed by atoms with E-state index >= 15 is 0 Å². The Kier molecular flexibility index (Phi) is 12.1. The van der Waals surface area contributed by atoms with Crippen LogP contribution < -0.4 is 11.1 Å². The maximum atomic E-state index is 13.3. The Balaban J connectivity index is 0.000000358. The van der Waals surface area contributed by atoms with Gasteiger partial charge in [-0.1, -0.05) is 44.2 Å². The Morgan fingerprint density at radius 3 is 2.31 bits per heavy atom. The van der Waals surface area contributed by atoms with Crippen LogP contribution in [0, 0.1) is 24.0 Å². The second-order valence-corrected chi connectivity index (χ2v) is 7.47. The minimum absolute atomic E-state index is 0.176. The fourth-order valence-electron chi connectivity index (χ4n) is 3.02. The van der Waals surface area contributed by atoms with Gasteiger partial charge in [0.25, 0.3) is 0 Å². The minimum Gasteiger partial charge on any atom is -0.398 e. The lowest BCUT2D eigenvalue weighted by molar-refractivity contribution is 0.260. The van der Waals surface area contributed by atoms with E-state index in [4.69, 9.17) is 11.1 Å². The molecule has 1 aliphatic rings. The van der Waals surface area contributed by atoms with E-state index < -0.39 is 0 Å². The molecule has 0 amide bonds. The number of allylic oxidation sites excluding steroid dienone is 1. The molecule has 0 radical (unpaired) electrons. The molecule has 0 unspecified atom stereocenters. The third kappa shape index (κ3) is 9.54. The summed E-state index contributed by atoms with van der Waals surface area (Å²) in [5, 5.41) is 11.3. The molecule has 3 rings (SSSR count). The molecule has 0 aliphatic carbocycles. The van der Waals surface area contributed by atoms with Gasteiger partial charge < -0.3 is 16.5 Å². The van der Waals surface area contributed by atoms with Crippen LogP contribution in [0.2, 0.25) is 0 Å². The fourth-order valence-corrected chi connectivity index (χ4v) is 3.02. The molecule has 0 saturated carbocycles. The van der Waals surface area contributed by atoms with E-state index in [1.807, 2.05) is 13.8 Å². The number of aryl methyl sites for hydroxylation is 1. The summed E-state index contributed by atoms with van der Waals surface area (Å²) in [5.74, 6) is -0.697. The van der Waals surface area contributed by atoms with Crippen LogP contribution in [0.1, 0.15) is 37.5 Å². The summed E-state index contributed by atoms with van der Waals surface area (Å²) in [6.07, 6.45) is 3.23. The lowest BCUT2D eigenvalue weighted by atomic mass is 10.0. The van der Waals surface area contributed by atoms with Crippen molar-refractivity contribution in [2.45, 2.75) is 27.7 Å². The third-order valence-electron chi connectivity index (χ3n) is 4.64. The van der Waals surface area contributed by atoms with Gasteiger partial charge in [0.05, 0.1) is 5.71 Å². The van der Waals surface area contributed by atoms with Crippen molar-refractivity contribution in [3.8, 4) is 0 Å². The number of rotatable bonds is 5. The number of nitrogens with zero attached hydrogens (tertiary/aromatic N) is 1. The van der Waals surface area contributed by atoms with Crippen LogP contribution in [0.5, 0.6) is 0 Å². The molecule has 6 heteroatoms. The lowest BCUT2D eigenvalue weighted by Gasteiger charge is -2.26. The smallest absolute Gasteiger partial charge is 0.128 e. The Labute approximate surface area is 191 Å². The molecule has 32 heavy (non-hydrogen) atoms. The molecule has 0 aromatic heterocycles. The monoisotopic (exact) mass is 442 g/mol. The molecule has 2 aromatic rings. The van der Waals surface area contributed by atoms with E-state index in [2.05, 4.69) is 23.7 Å². The highest BCUT2D eigenvalue weighted by Gasteiger charge is 2.08. The van der Waals surface area contributed by atoms with Crippen LogP contribution in [-0.2, 0) is 0 Å². The molecule has 2 aromatic carbocycles. The fraction of sp³-hybridized carbons (Fsp3) is 0.346. The molecule has 0 spiro atoms. The summed E-state index contributed by atoms with van der Waals surface area (Å²) >= 11 is 0. The van der Waals surface area contributed by atoms with Crippen molar-refractivity contribution in [1.82, 2.24) is 10.2 Å². The number of piperazine rings is 1. The van der Waals surface area contributed by atoms with Gasteiger partial charge in [0.15, 0.2) is 0 Å². The number of nitrogens with two attached hydrogens (primary N) is 1. The zero-order valence-electron chi connectivity index (χ0n) is 19.6. The Morgan fingerprint density at radius 2 is 1.75 bits per heavy atom. The van der Waals surface area contributed by atoms with Gasteiger partial charge in [-0.05, 0) is 55.3 Å². The number of hydrogen-bond acceptors (Lipinski definition) is 4. The van der Waals surface area contributed by atoms with E-state index in [1.54, 1.807) is 37.3 Å². The predicted octanol–water partition coefficient (Wildman–Crippen LogP) is 5.43. The first-order valence-corrected chi connectivity index (χ1v) is 10.9. The van der Waals surface area contributed by atoms with Gasteiger partial charge in [0.1, 0.15) is 11.6 Å². The van der Waals surface area contributed by atoms with Gasteiger partial charge in [0, 0.05) is 44.0 Å². The molecule has 1 heterocycles. The summed E-state index contributed by atoms with van der Waals surface area (Å²) in [4.78, 5) is 2.43. The van der Waals surface area contributed by atoms with Crippen LogP contribution in [0.15, 0.2) is 54.6 Å². The quantitative estimate of drug-likeness (QED) is 0.329. The average Bonchev–Trinajstić information content (AvgIpc) is 2.78. The largest absolute Gasteiger partial charge is 0.398 e. The molecular formula is C26H36F2N4. The van der Waals surface area contributed by atoms with Crippen LogP contribution in [0.25, 0.3) is 6.08 Å². The van der Waals surface area contributed by atoms with Gasteiger partial charge in [-0.3, -0.25) is 4.90 Å². The van der Waals surface area contributed by atoms with Crippen LogP contribution in [0.3, 0.4) is 0 Å². The Hall–Kier alpha value is -2.83. The number of hydrogen-bond donors (Lipinski definition) is 3. The number of nitrogen functional groups attached to an aromatic ring is 1. The second-order valence-electron chi connectivity index (χ2n) is 7.47. The number of nitrogens with one attached hydrogen (secondary N) is 2. The highest BCUT2D eigenvalue weighted by molar-refractivity contribution is 6.11. The second kappa shape index (κ2) is 14.3. The maximum absolute atomic E-state index is 13.3. The maximum Gasteiger partial charge on any atom is 0.128 e. The van der Waals surface area contributed by atoms with Crippen molar-refractivity contribution in [3.05, 3.63) is 83.0 Å². The topological polar surface area (TPSA) is 65.1 Å². The number of anilines is 1. The van der Waals surface area contributed by atoms with E-state index in [9.17, 15) is 8.78 Å². The normalized spacial score (nSPS) is 13.6. The van der Waals surface area contributed by atoms with Crippen LogP contribution >= 0.6 is 0 Å². The molecule has 1 saturated heterocycles. The van der Waals surface area contributed by atoms with Crippen molar-refractivity contribution >= 4 is 17.5 Å². The first-order chi connectivity index (χ1) is 15.3. The van der Waals surface area contributed by atoms with Gasteiger partial charge in [0.2, 0.25) is 0 Å². The van der Waals surface area contributed by atoms with Gasteiger partial charge >= 0.3 is 0 Å². The van der Waals surface area contributed by atoms with Crippen molar-refractivity contribution < 1.29 is 8.78 Å². The Bertz CT molecular complexity index is 899. The highest BCUT2D eigenvalue weighted by atomic mass is 19.1. The number of halogens is 2. The molecule has 0 atom stereocenters. The average molecular weight is 443 g/mol. The van der Waals surface area contributed by atoms with E-state index in [0.29, 0.717) is 11.1 Å². The molecular weight excluding hydrogens is 406 g/mol. The summed E-state index contributed by atoms with van der Waals surface area (Å²) in [6.45, 7) is 17.3. The van der Waals surface area contributed by atoms with Gasteiger partial charge in [-0.25, -0.2) is 8.78 Å². The Morgan fingerprint density at radius 1 is 1.16 bits per heavy atom. The number of benzene rings is 2. The van der Waals surface area contributed by atoms with Crippen molar-refractivity contribution in [2.75, 3.05) is 38.5 Å². The van der Waals surface area contributed by atoms with E-state index in [0.717, 1.165) is 25.2 Å². The molecule has 4 N–H and O–H groups in total. The van der Waals surface area contributed by atoms with E-state index in [1.165, 1.54) is 36.9 Å². The third-order valence-corrected chi connectivity index (χ3v) is 4.64. The van der Waals surface area contributed by atoms with Gasteiger partial charge in [-0.15, -0.1) is 0 Å². The molecule has 1 fully saturated rings. The summed E-state index contributed by atoms with van der Waals surface area (Å²) < 4.78 is 26.1. The summed E-state index contributed by atoms with van der Waals surface area (Å²) in [5.41, 5.74) is 9.07. The van der Waals surface area contributed by atoms with Crippen molar-refractivity contribution in [1.29, 1.82) is 5.41 Å². The predicted molar refractivity (Wildman–Crippen MR) is 133 cm³/mol. The van der Waals surface area contributed by atoms with E-state index in [-0.39, 0.29) is 23.0 Å². The zero-order valence-corrected chi connectivity index (χ0v) is 19.6. The van der Waals surface area contributed by atoms with Crippen molar-refractivity contribution in [3.63, 3.8) is 0 Å². The van der Waals surface area contributed by atoms with Gasteiger partial charge in [-0.2, -0.15) is 0 Å². The lowest BCUT2D eigenvalue weighted by Crippen LogP contribution is -2.43. The molecule has 0 bridgehead atoms. The minimum atomic E-state index is -0.387. The summed E-state index contributed by atoms with van der Waals surface area (Å²) in [7, 11) is 0. The highest BCUT2D eigenvalue weighted by Crippen LogP contribution is 2.19. The molecule has 4 nitrogen and oxygen atoms in total. The zero-order chi connectivity index (χ0) is 24.1. The molecule has 1 aliphatic heterocycles. The van der Waals surface area contributed by atoms with Crippen LogP contribution in [-0.4, -0.2) is 43.3 Å².